The fourth-order valence-electron chi connectivity index (χ4n) is 5.07. The van der Waals surface area contributed by atoms with Crippen LogP contribution in [0.2, 0.25) is 5.02 Å². The van der Waals surface area contributed by atoms with Crippen LogP contribution in [-0.4, -0.2) is 9.97 Å². The van der Waals surface area contributed by atoms with Crippen LogP contribution in [0, 0.1) is 17.8 Å². The van der Waals surface area contributed by atoms with Gasteiger partial charge in [0, 0.05) is 23.0 Å². The minimum atomic E-state index is 0.630. The number of hydrogen-bond donors (Lipinski definition) is 0. The predicted octanol–water partition coefficient (Wildman–Crippen LogP) is 7.06. The van der Waals surface area contributed by atoms with Crippen molar-refractivity contribution in [3.05, 3.63) is 59.9 Å². The molecular formula is C24H29ClN2. The number of halogens is 1. The Bertz CT molecular complexity index is 737. The molecule has 142 valence electrons. The van der Waals surface area contributed by atoms with Crippen molar-refractivity contribution >= 4 is 11.6 Å². The van der Waals surface area contributed by atoms with Crippen LogP contribution in [0.4, 0.5) is 0 Å². The molecule has 2 aliphatic rings. The summed E-state index contributed by atoms with van der Waals surface area (Å²) in [5, 5.41) is 0.741. The molecule has 0 amide bonds. The summed E-state index contributed by atoms with van der Waals surface area (Å²) >= 11 is 5.96. The molecule has 0 unspecified atom stereocenters. The molecule has 0 radical (unpaired) electrons. The summed E-state index contributed by atoms with van der Waals surface area (Å²) in [6.45, 7) is 3.98. The molecule has 0 atom stereocenters. The topological polar surface area (TPSA) is 25.8 Å². The minimum Gasteiger partial charge on any atom is -0.236 e. The third-order valence-electron chi connectivity index (χ3n) is 6.83. The standard InChI is InChI=1S/C24H29ClN2/c1-2-17-3-5-18(6-4-17)19-7-9-20(10-8-19)22-15-26-24(27-16-22)21-11-13-23(25)14-12-21/h2,11-20H,1,3-10H2. The Labute approximate surface area is 168 Å². The molecule has 2 aromatic rings. The zero-order valence-electron chi connectivity index (χ0n) is 16.0. The first-order valence-electron chi connectivity index (χ1n) is 10.4. The Kier molecular flexibility index (Phi) is 5.92. The Morgan fingerprint density at radius 3 is 1.93 bits per heavy atom. The average molecular weight is 381 g/mol. The van der Waals surface area contributed by atoms with Crippen molar-refractivity contribution in [3.63, 3.8) is 0 Å². The van der Waals surface area contributed by atoms with Crippen LogP contribution >= 0.6 is 11.6 Å². The van der Waals surface area contributed by atoms with Crippen molar-refractivity contribution in [3.8, 4) is 11.4 Å². The molecule has 2 nitrogen and oxygen atoms in total. The van der Waals surface area contributed by atoms with E-state index in [2.05, 4.69) is 22.6 Å². The van der Waals surface area contributed by atoms with Gasteiger partial charge < -0.3 is 0 Å². The molecule has 2 aliphatic carbocycles. The summed E-state index contributed by atoms with van der Waals surface area (Å²) in [5.74, 6) is 4.06. The van der Waals surface area contributed by atoms with Gasteiger partial charge in [-0.15, -0.1) is 6.58 Å². The second kappa shape index (κ2) is 8.56. The van der Waals surface area contributed by atoms with Gasteiger partial charge in [0.25, 0.3) is 0 Å². The third-order valence-corrected chi connectivity index (χ3v) is 7.09. The maximum Gasteiger partial charge on any atom is 0.159 e. The number of benzene rings is 1. The highest BCUT2D eigenvalue weighted by Crippen LogP contribution is 2.43. The van der Waals surface area contributed by atoms with Gasteiger partial charge in [0.2, 0.25) is 0 Å². The van der Waals surface area contributed by atoms with E-state index in [0.29, 0.717) is 5.92 Å². The van der Waals surface area contributed by atoms with E-state index in [1.807, 2.05) is 36.7 Å². The highest BCUT2D eigenvalue weighted by Gasteiger charge is 2.30. The lowest BCUT2D eigenvalue weighted by Crippen LogP contribution is -2.25. The van der Waals surface area contributed by atoms with E-state index in [1.165, 1.54) is 56.9 Å². The van der Waals surface area contributed by atoms with E-state index in [-0.39, 0.29) is 0 Å². The lowest BCUT2D eigenvalue weighted by Gasteiger charge is -2.37. The van der Waals surface area contributed by atoms with E-state index in [0.717, 1.165) is 34.2 Å². The summed E-state index contributed by atoms with van der Waals surface area (Å²) in [5.41, 5.74) is 2.33. The zero-order valence-corrected chi connectivity index (χ0v) is 16.7. The fraction of sp³-hybridized carbons (Fsp3) is 0.500. The van der Waals surface area contributed by atoms with Crippen LogP contribution < -0.4 is 0 Å². The van der Waals surface area contributed by atoms with Crippen molar-refractivity contribution in [1.82, 2.24) is 9.97 Å². The third kappa shape index (κ3) is 4.43. The van der Waals surface area contributed by atoms with E-state index < -0.39 is 0 Å². The first-order chi connectivity index (χ1) is 13.2. The maximum atomic E-state index is 5.96. The van der Waals surface area contributed by atoms with Crippen LogP contribution in [0.25, 0.3) is 11.4 Å². The van der Waals surface area contributed by atoms with Gasteiger partial charge >= 0.3 is 0 Å². The maximum absolute atomic E-state index is 5.96. The zero-order chi connectivity index (χ0) is 18.6. The molecule has 1 aromatic carbocycles. The first kappa shape index (κ1) is 18.7. The number of nitrogens with zero attached hydrogens (tertiary/aromatic N) is 2. The van der Waals surface area contributed by atoms with Gasteiger partial charge in [0.15, 0.2) is 5.82 Å². The van der Waals surface area contributed by atoms with Crippen molar-refractivity contribution in [2.75, 3.05) is 0 Å². The first-order valence-corrected chi connectivity index (χ1v) is 10.8. The Balaban J connectivity index is 1.33. The number of aromatic nitrogens is 2. The Morgan fingerprint density at radius 1 is 0.815 bits per heavy atom. The van der Waals surface area contributed by atoms with Crippen molar-refractivity contribution < 1.29 is 0 Å². The largest absolute Gasteiger partial charge is 0.236 e. The molecule has 2 saturated carbocycles. The highest BCUT2D eigenvalue weighted by atomic mass is 35.5. The molecule has 0 N–H and O–H groups in total. The van der Waals surface area contributed by atoms with Crippen LogP contribution in [0.5, 0.6) is 0 Å². The van der Waals surface area contributed by atoms with Crippen LogP contribution in [0.1, 0.15) is 62.8 Å². The molecule has 0 aliphatic heterocycles. The van der Waals surface area contributed by atoms with Crippen LogP contribution in [0.15, 0.2) is 49.3 Å². The quantitative estimate of drug-likeness (QED) is 0.530. The van der Waals surface area contributed by atoms with Crippen molar-refractivity contribution in [1.29, 1.82) is 0 Å². The second-order valence-electron chi connectivity index (χ2n) is 8.37. The van der Waals surface area contributed by atoms with E-state index in [9.17, 15) is 0 Å². The van der Waals surface area contributed by atoms with E-state index in [4.69, 9.17) is 11.6 Å². The van der Waals surface area contributed by atoms with Gasteiger partial charge in [-0.05, 0) is 105 Å². The van der Waals surface area contributed by atoms with Gasteiger partial charge in [0.05, 0.1) is 0 Å². The van der Waals surface area contributed by atoms with Gasteiger partial charge in [-0.2, -0.15) is 0 Å². The summed E-state index contributed by atoms with van der Waals surface area (Å²) in [6, 6.07) is 7.73. The lowest BCUT2D eigenvalue weighted by molar-refractivity contribution is 0.171. The summed E-state index contributed by atoms with van der Waals surface area (Å²) < 4.78 is 0. The average Bonchev–Trinajstić information content (AvgIpc) is 2.75. The van der Waals surface area contributed by atoms with Crippen LogP contribution in [0.3, 0.4) is 0 Å². The highest BCUT2D eigenvalue weighted by molar-refractivity contribution is 6.30. The van der Waals surface area contributed by atoms with E-state index in [1.54, 1.807) is 0 Å². The summed E-state index contributed by atoms with van der Waals surface area (Å²) in [7, 11) is 0. The number of hydrogen-bond acceptors (Lipinski definition) is 2. The van der Waals surface area contributed by atoms with Gasteiger partial charge in [-0.1, -0.05) is 17.7 Å². The number of allylic oxidation sites excluding steroid dienone is 1. The molecule has 0 saturated heterocycles. The smallest absolute Gasteiger partial charge is 0.159 e. The van der Waals surface area contributed by atoms with Crippen molar-refractivity contribution in [2.45, 2.75) is 57.3 Å². The SMILES string of the molecule is C=CC1CCC(C2CCC(c3cnc(-c4ccc(Cl)cc4)nc3)CC2)CC1. The molecule has 1 aromatic heterocycles. The minimum absolute atomic E-state index is 0.630. The van der Waals surface area contributed by atoms with Gasteiger partial charge in [-0.3, -0.25) is 0 Å². The lowest BCUT2D eigenvalue weighted by atomic mass is 9.68. The van der Waals surface area contributed by atoms with Crippen molar-refractivity contribution in [2.24, 2.45) is 17.8 Å². The molecule has 0 spiro atoms. The molecule has 2 fully saturated rings. The summed E-state index contributed by atoms with van der Waals surface area (Å²) in [4.78, 5) is 9.23. The normalized spacial score (nSPS) is 28.6. The molecule has 1 heterocycles. The van der Waals surface area contributed by atoms with E-state index >= 15 is 0 Å². The Morgan fingerprint density at radius 2 is 1.37 bits per heavy atom. The Hall–Kier alpha value is -1.67. The molecule has 4 rings (SSSR count). The monoisotopic (exact) mass is 380 g/mol. The molecule has 0 bridgehead atoms. The predicted molar refractivity (Wildman–Crippen MR) is 113 cm³/mol. The van der Waals surface area contributed by atoms with Gasteiger partial charge in [0.1, 0.15) is 0 Å². The molecular weight excluding hydrogens is 352 g/mol. The number of rotatable bonds is 4. The summed E-state index contributed by atoms with van der Waals surface area (Å²) in [6.07, 6.45) is 17.1. The van der Waals surface area contributed by atoms with Gasteiger partial charge in [-0.25, -0.2) is 9.97 Å². The molecule has 3 heteroatoms. The van der Waals surface area contributed by atoms with Crippen LogP contribution in [-0.2, 0) is 0 Å². The fourth-order valence-corrected chi connectivity index (χ4v) is 5.20. The second-order valence-corrected chi connectivity index (χ2v) is 8.81. The molecule has 27 heavy (non-hydrogen) atoms.